The van der Waals surface area contributed by atoms with E-state index in [4.69, 9.17) is 0 Å². The van der Waals surface area contributed by atoms with E-state index in [9.17, 15) is 5.11 Å². The van der Waals surface area contributed by atoms with Gasteiger partial charge >= 0.3 is 0 Å². The van der Waals surface area contributed by atoms with Crippen LogP contribution in [0.2, 0.25) is 0 Å². The first-order chi connectivity index (χ1) is 6.68. The van der Waals surface area contributed by atoms with Crippen LogP contribution in [-0.2, 0) is 0 Å². The number of alkyl halides is 1. The number of fused-ring (bicyclic) bond motifs is 1. The largest absolute Gasteiger partial charge is 0.387 e. The number of rotatable bonds is 2. The lowest BCUT2D eigenvalue weighted by Crippen LogP contribution is -2.07. The Morgan fingerprint density at radius 1 is 1.50 bits per heavy atom. The van der Waals surface area contributed by atoms with E-state index < -0.39 is 6.10 Å². The number of aromatic nitrogens is 2. The molecule has 1 aromatic heterocycles. The summed E-state index contributed by atoms with van der Waals surface area (Å²) in [4.78, 5) is 7.18. The summed E-state index contributed by atoms with van der Waals surface area (Å²) >= 11 is 3.36. The van der Waals surface area contributed by atoms with Crippen molar-refractivity contribution in [1.29, 1.82) is 0 Å². The van der Waals surface area contributed by atoms with Crippen molar-refractivity contribution >= 4 is 27.0 Å². The molecule has 0 radical (unpaired) electrons. The zero-order chi connectivity index (χ0) is 10.1. The molecule has 2 unspecified atom stereocenters. The maximum atomic E-state index is 9.81. The number of halogens is 1. The summed E-state index contributed by atoms with van der Waals surface area (Å²) in [6, 6.07) is 5.72. The molecule has 0 saturated carbocycles. The predicted molar refractivity (Wildman–Crippen MR) is 59.4 cm³/mol. The maximum absolute atomic E-state index is 9.81. The smallest absolute Gasteiger partial charge is 0.0931 e. The first-order valence-electron chi connectivity index (χ1n) is 4.43. The molecular formula is C10H11BrN2O. The Morgan fingerprint density at radius 2 is 2.29 bits per heavy atom. The van der Waals surface area contributed by atoms with Crippen molar-refractivity contribution < 1.29 is 5.11 Å². The molecule has 0 bridgehead atoms. The Bertz CT molecular complexity index is 438. The van der Waals surface area contributed by atoms with Gasteiger partial charge in [0, 0.05) is 4.83 Å². The number of hydrogen-bond donors (Lipinski definition) is 2. The molecule has 3 nitrogen and oxygen atoms in total. The van der Waals surface area contributed by atoms with Gasteiger partial charge in [-0.1, -0.05) is 22.0 Å². The summed E-state index contributed by atoms with van der Waals surface area (Å²) in [5.74, 6) is 0. The number of hydrogen-bond acceptors (Lipinski definition) is 2. The molecule has 2 rings (SSSR count). The van der Waals surface area contributed by atoms with Gasteiger partial charge in [0.05, 0.1) is 23.5 Å². The standard InChI is InChI=1S/C10H11BrN2O/c1-6(11)10(14)7-2-3-8-9(4-7)13-5-12-8/h2-6,10,14H,1H3,(H,12,13). The van der Waals surface area contributed by atoms with Crippen LogP contribution in [0.3, 0.4) is 0 Å². The Labute approximate surface area is 90.3 Å². The normalized spacial score (nSPS) is 15.6. The van der Waals surface area contributed by atoms with Crippen LogP contribution in [0, 0.1) is 0 Å². The summed E-state index contributed by atoms with van der Waals surface area (Å²) in [7, 11) is 0. The number of aromatic amines is 1. The number of benzene rings is 1. The van der Waals surface area contributed by atoms with Crippen LogP contribution >= 0.6 is 15.9 Å². The molecular weight excluding hydrogens is 244 g/mol. The molecule has 0 saturated heterocycles. The molecule has 0 aliphatic rings. The lowest BCUT2D eigenvalue weighted by Gasteiger charge is -2.12. The van der Waals surface area contributed by atoms with Crippen molar-refractivity contribution in [3.8, 4) is 0 Å². The van der Waals surface area contributed by atoms with E-state index in [0.717, 1.165) is 16.6 Å². The summed E-state index contributed by atoms with van der Waals surface area (Å²) in [6.45, 7) is 1.92. The summed E-state index contributed by atoms with van der Waals surface area (Å²) in [6.07, 6.45) is 1.17. The third-order valence-electron chi connectivity index (χ3n) is 2.22. The van der Waals surface area contributed by atoms with Crippen molar-refractivity contribution in [2.45, 2.75) is 17.9 Å². The van der Waals surface area contributed by atoms with Gasteiger partial charge in [-0.15, -0.1) is 0 Å². The van der Waals surface area contributed by atoms with Gasteiger partial charge < -0.3 is 10.1 Å². The molecule has 4 heteroatoms. The number of nitrogens with zero attached hydrogens (tertiary/aromatic N) is 1. The molecule has 1 heterocycles. The average molecular weight is 255 g/mol. The highest BCUT2D eigenvalue weighted by atomic mass is 79.9. The lowest BCUT2D eigenvalue weighted by atomic mass is 10.1. The van der Waals surface area contributed by atoms with Crippen molar-refractivity contribution in [3.05, 3.63) is 30.1 Å². The van der Waals surface area contributed by atoms with Gasteiger partial charge in [-0.05, 0) is 24.6 Å². The van der Waals surface area contributed by atoms with Crippen molar-refractivity contribution in [1.82, 2.24) is 9.97 Å². The molecule has 74 valence electrons. The fraction of sp³-hybridized carbons (Fsp3) is 0.300. The third-order valence-corrected chi connectivity index (χ3v) is 2.72. The second-order valence-electron chi connectivity index (χ2n) is 3.30. The van der Waals surface area contributed by atoms with E-state index in [1.54, 1.807) is 6.33 Å². The van der Waals surface area contributed by atoms with E-state index in [1.807, 2.05) is 25.1 Å². The number of H-pyrrole nitrogens is 1. The average Bonchev–Trinajstić information content (AvgIpc) is 2.62. The van der Waals surface area contributed by atoms with Crippen LogP contribution in [0.15, 0.2) is 24.5 Å². The van der Waals surface area contributed by atoms with E-state index in [0.29, 0.717) is 0 Å². The number of aliphatic hydroxyl groups is 1. The number of nitrogens with one attached hydrogen (secondary N) is 1. The van der Waals surface area contributed by atoms with Gasteiger partial charge in [-0.2, -0.15) is 0 Å². The highest BCUT2D eigenvalue weighted by Gasteiger charge is 2.13. The zero-order valence-electron chi connectivity index (χ0n) is 7.74. The minimum atomic E-state index is -0.484. The molecule has 1 aromatic carbocycles. The van der Waals surface area contributed by atoms with Gasteiger partial charge in [0.25, 0.3) is 0 Å². The van der Waals surface area contributed by atoms with Gasteiger partial charge in [0.1, 0.15) is 0 Å². The Kier molecular flexibility index (Phi) is 2.56. The van der Waals surface area contributed by atoms with E-state index in [2.05, 4.69) is 25.9 Å². The lowest BCUT2D eigenvalue weighted by molar-refractivity contribution is 0.181. The zero-order valence-corrected chi connectivity index (χ0v) is 9.32. The van der Waals surface area contributed by atoms with Crippen molar-refractivity contribution in [2.75, 3.05) is 0 Å². The van der Waals surface area contributed by atoms with Crippen LogP contribution in [-0.4, -0.2) is 19.9 Å². The fourth-order valence-electron chi connectivity index (χ4n) is 1.40. The van der Waals surface area contributed by atoms with Crippen LogP contribution in [0.25, 0.3) is 11.0 Å². The van der Waals surface area contributed by atoms with E-state index >= 15 is 0 Å². The second kappa shape index (κ2) is 3.71. The Morgan fingerprint density at radius 3 is 3.00 bits per heavy atom. The molecule has 2 aromatic rings. The quantitative estimate of drug-likeness (QED) is 0.809. The molecule has 14 heavy (non-hydrogen) atoms. The van der Waals surface area contributed by atoms with Crippen LogP contribution in [0.4, 0.5) is 0 Å². The van der Waals surface area contributed by atoms with Gasteiger partial charge in [0.2, 0.25) is 0 Å². The summed E-state index contributed by atoms with van der Waals surface area (Å²) in [5, 5.41) is 9.81. The predicted octanol–water partition coefficient (Wildman–Crippen LogP) is 2.38. The molecule has 0 aliphatic carbocycles. The van der Waals surface area contributed by atoms with Gasteiger partial charge in [-0.3, -0.25) is 0 Å². The van der Waals surface area contributed by atoms with Crippen molar-refractivity contribution in [3.63, 3.8) is 0 Å². The van der Waals surface area contributed by atoms with Gasteiger partial charge in [0.15, 0.2) is 0 Å². The summed E-state index contributed by atoms with van der Waals surface area (Å²) in [5.41, 5.74) is 2.77. The minimum Gasteiger partial charge on any atom is -0.387 e. The number of imidazole rings is 1. The first kappa shape index (κ1) is 9.68. The van der Waals surface area contributed by atoms with Crippen molar-refractivity contribution in [2.24, 2.45) is 0 Å². The molecule has 0 aliphatic heterocycles. The molecule has 0 amide bonds. The molecule has 0 fully saturated rings. The van der Waals surface area contributed by atoms with E-state index in [-0.39, 0.29) is 4.83 Å². The molecule has 2 atom stereocenters. The van der Waals surface area contributed by atoms with Gasteiger partial charge in [-0.25, -0.2) is 4.98 Å². The first-order valence-corrected chi connectivity index (χ1v) is 5.35. The third kappa shape index (κ3) is 1.67. The van der Waals surface area contributed by atoms with Crippen LogP contribution in [0.5, 0.6) is 0 Å². The van der Waals surface area contributed by atoms with Crippen LogP contribution in [0.1, 0.15) is 18.6 Å². The molecule has 0 spiro atoms. The Balaban J connectivity index is 2.43. The minimum absolute atomic E-state index is 0.0443. The Hall–Kier alpha value is -0.870. The highest BCUT2D eigenvalue weighted by molar-refractivity contribution is 9.09. The van der Waals surface area contributed by atoms with Crippen LogP contribution < -0.4 is 0 Å². The second-order valence-corrected chi connectivity index (χ2v) is 4.75. The summed E-state index contributed by atoms with van der Waals surface area (Å²) < 4.78 is 0. The molecule has 2 N–H and O–H groups in total. The number of aliphatic hydroxyl groups excluding tert-OH is 1. The fourth-order valence-corrected chi connectivity index (χ4v) is 1.71. The highest BCUT2D eigenvalue weighted by Crippen LogP contribution is 2.24. The van der Waals surface area contributed by atoms with E-state index in [1.165, 1.54) is 0 Å². The SMILES string of the molecule is CC(Br)C(O)c1ccc2nc[nH]c2c1. The monoisotopic (exact) mass is 254 g/mol. The maximum Gasteiger partial charge on any atom is 0.0931 e. The topological polar surface area (TPSA) is 48.9 Å².